The van der Waals surface area contributed by atoms with Gasteiger partial charge in [-0.05, 0) is 30.3 Å². The molecule has 7 nitrogen and oxygen atoms in total. The summed E-state index contributed by atoms with van der Waals surface area (Å²) >= 11 is 0. The molecule has 0 fully saturated rings. The van der Waals surface area contributed by atoms with E-state index in [9.17, 15) is 18.0 Å². The van der Waals surface area contributed by atoms with Gasteiger partial charge in [0.05, 0.1) is 29.2 Å². The molecule has 0 bridgehead atoms. The van der Waals surface area contributed by atoms with Gasteiger partial charge in [0.25, 0.3) is 5.89 Å². The fourth-order valence-corrected chi connectivity index (χ4v) is 2.57. The van der Waals surface area contributed by atoms with Crippen LogP contribution in [0, 0.1) is 5.82 Å². The number of hydrogen-bond donors (Lipinski definition) is 0. The Morgan fingerprint density at radius 2 is 1.93 bits per heavy atom. The lowest BCUT2D eigenvalue weighted by atomic mass is 10.2. The first-order chi connectivity index (χ1) is 13.4. The molecular formula is C18H16F3N5O2. The Labute approximate surface area is 158 Å². The molecule has 146 valence electrons. The van der Waals surface area contributed by atoms with Crippen LogP contribution >= 0.6 is 0 Å². The maximum atomic E-state index is 13.7. The molecule has 3 aromatic rings. The number of hydrogen-bond acceptors (Lipinski definition) is 6. The Balaban J connectivity index is 1.79. The second kappa shape index (κ2) is 8.07. The zero-order valence-electron chi connectivity index (χ0n) is 15.0. The molecule has 10 heteroatoms. The van der Waals surface area contributed by atoms with E-state index in [0.717, 1.165) is 0 Å². The summed E-state index contributed by atoms with van der Waals surface area (Å²) in [6.07, 6.45) is -0.779. The van der Waals surface area contributed by atoms with Gasteiger partial charge in [-0.15, -0.1) is 10.2 Å². The molecule has 2 aromatic heterocycles. The first-order valence-corrected chi connectivity index (χ1v) is 8.14. The second-order valence-corrected chi connectivity index (χ2v) is 5.99. The predicted molar refractivity (Wildman–Crippen MR) is 95.5 cm³/mol. The van der Waals surface area contributed by atoms with Crippen LogP contribution in [0.15, 0.2) is 40.9 Å². The summed E-state index contributed by atoms with van der Waals surface area (Å²) in [5, 5.41) is 6.84. The quantitative estimate of drug-likeness (QED) is 0.575. The van der Waals surface area contributed by atoms with Crippen LogP contribution in [-0.4, -0.2) is 35.7 Å². The minimum Gasteiger partial charge on any atom is -0.415 e. The third kappa shape index (κ3) is 4.11. The summed E-state index contributed by atoms with van der Waals surface area (Å²) in [5.41, 5.74) is 2.08. The summed E-state index contributed by atoms with van der Waals surface area (Å²) in [6.45, 7) is 0.315. The molecule has 0 saturated heterocycles. The van der Waals surface area contributed by atoms with Crippen molar-refractivity contribution in [2.24, 2.45) is 0 Å². The van der Waals surface area contributed by atoms with Gasteiger partial charge in [-0.1, -0.05) is 0 Å². The highest BCUT2D eigenvalue weighted by Gasteiger charge is 2.17. The van der Waals surface area contributed by atoms with Gasteiger partial charge >= 0.3 is 6.43 Å². The lowest BCUT2D eigenvalue weighted by Gasteiger charge is -2.25. The van der Waals surface area contributed by atoms with Crippen molar-refractivity contribution < 1.29 is 22.4 Å². The van der Waals surface area contributed by atoms with Crippen molar-refractivity contribution in [3.05, 3.63) is 53.9 Å². The van der Waals surface area contributed by atoms with Crippen LogP contribution < -0.4 is 9.80 Å². The van der Waals surface area contributed by atoms with Gasteiger partial charge < -0.3 is 14.2 Å². The molecule has 0 aliphatic carbocycles. The largest absolute Gasteiger partial charge is 0.415 e. The van der Waals surface area contributed by atoms with Crippen molar-refractivity contribution in [2.75, 3.05) is 23.9 Å². The third-order valence-electron chi connectivity index (χ3n) is 3.98. The maximum absolute atomic E-state index is 13.7. The zero-order chi connectivity index (χ0) is 20.3. The van der Waals surface area contributed by atoms with Gasteiger partial charge in [0.15, 0.2) is 0 Å². The number of anilines is 2. The van der Waals surface area contributed by atoms with Crippen LogP contribution in [0.25, 0.3) is 11.5 Å². The second-order valence-electron chi connectivity index (χ2n) is 5.99. The van der Waals surface area contributed by atoms with Gasteiger partial charge in [-0.3, -0.25) is 9.78 Å². The van der Waals surface area contributed by atoms with Gasteiger partial charge in [-0.2, -0.15) is 8.78 Å². The molecule has 0 saturated carbocycles. The Morgan fingerprint density at radius 1 is 1.14 bits per heavy atom. The minimum atomic E-state index is -2.84. The van der Waals surface area contributed by atoms with E-state index >= 15 is 0 Å². The Morgan fingerprint density at radius 3 is 2.54 bits per heavy atom. The molecule has 2 heterocycles. The van der Waals surface area contributed by atoms with E-state index in [1.807, 2.05) is 0 Å². The predicted octanol–water partition coefficient (Wildman–Crippen LogP) is 3.44. The molecular weight excluding hydrogens is 375 g/mol. The molecule has 28 heavy (non-hydrogen) atoms. The zero-order valence-corrected chi connectivity index (χ0v) is 15.0. The lowest BCUT2D eigenvalue weighted by Crippen LogP contribution is -2.22. The van der Waals surface area contributed by atoms with Crippen molar-refractivity contribution in [1.29, 1.82) is 0 Å². The molecule has 0 unspecified atom stereocenters. The number of rotatable bonds is 7. The van der Waals surface area contributed by atoms with E-state index in [4.69, 9.17) is 4.42 Å². The number of amides is 1. The fraction of sp³-hybridized carbons (Fsp3) is 0.222. The Bertz CT molecular complexity index is 962. The number of aromatic nitrogens is 3. The number of nitrogens with zero attached hydrogens (tertiary/aromatic N) is 5. The first-order valence-electron chi connectivity index (χ1n) is 8.14. The standard InChI is InChI=1S/C18H16F3N5O2/c1-25(15-7-12(19)4-6-14(15)26(2)10-27)9-13-5-3-11(8-22-13)17-23-24-18(28-17)16(20)21/h3-8,10,16H,9H2,1-2H3. The van der Waals surface area contributed by atoms with Crippen molar-refractivity contribution >= 4 is 17.8 Å². The monoisotopic (exact) mass is 391 g/mol. The normalized spacial score (nSPS) is 10.9. The number of halogens is 3. The van der Waals surface area contributed by atoms with Gasteiger partial charge in [0.2, 0.25) is 12.3 Å². The fourth-order valence-electron chi connectivity index (χ4n) is 2.57. The van der Waals surface area contributed by atoms with Gasteiger partial charge in [0, 0.05) is 20.3 Å². The smallest absolute Gasteiger partial charge is 0.314 e. The maximum Gasteiger partial charge on any atom is 0.314 e. The highest BCUT2D eigenvalue weighted by atomic mass is 19.3. The minimum absolute atomic E-state index is 0.0530. The van der Waals surface area contributed by atoms with E-state index in [1.165, 1.54) is 29.3 Å². The van der Waals surface area contributed by atoms with E-state index in [0.29, 0.717) is 35.6 Å². The number of benzene rings is 1. The van der Waals surface area contributed by atoms with E-state index in [2.05, 4.69) is 15.2 Å². The molecule has 1 aromatic carbocycles. The van der Waals surface area contributed by atoms with Crippen molar-refractivity contribution in [3.63, 3.8) is 0 Å². The lowest BCUT2D eigenvalue weighted by molar-refractivity contribution is -0.107. The average molecular weight is 391 g/mol. The molecule has 1 amide bonds. The number of carbonyl (C=O) groups is 1. The molecule has 0 atom stereocenters. The average Bonchev–Trinajstić information content (AvgIpc) is 3.18. The van der Waals surface area contributed by atoms with Crippen molar-refractivity contribution in [3.8, 4) is 11.5 Å². The topological polar surface area (TPSA) is 75.4 Å². The van der Waals surface area contributed by atoms with Crippen LogP contribution in [0.3, 0.4) is 0 Å². The molecule has 0 spiro atoms. The molecule has 0 aliphatic rings. The van der Waals surface area contributed by atoms with Crippen molar-refractivity contribution in [2.45, 2.75) is 13.0 Å². The van der Waals surface area contributed by atoms with Crippen LogP contribution in [0.2, 0.25) is 0 Å². The van der Waals surface area contributed by atoms with Gasteiger partial charge in [0.1, 0.15) is 5.82 Å². The Hall–Kier alpha value is -3.43. The summed E-state index contributed by atoms with van der Waals surface area (Å²) in [7, 11) is 3.31. The molecule has 0 radical (unpaired) electrons. The highest BCUT2D eigenvalue weighted by molar-refractivity contribution is 5.83. The summed E-state index contributed by atoms with van der Waals surface area (Å²) in [4.78, 5) is 18.4. The van der Waals surface area contributed by atoms with Crippen LogP contribution in [-0.2, 0) is 11.3 Å². The number of pyridine rings is 1. The SMILES string of the molecule is CN(C=O)c1ccc(F)cc1N(C)Cc1ccc(-c2nnc(C(F)F)o2)cn1. The third-order valence-corrected chi connectivity index (χ3v) is 3.98. The Kier molecular flexibility index (Phi) is 5.57. The molecule has 0 aliphatic heterocycles. The van der Waals surface area contributed by atoms with E-state index in [-0.39, 0.29) is 5.89 Å². The van der Waals surface area contributed by atoms with Gasteiger partial charge in [-0.25, -0.2) is 4.39 Å². The van der Waals surface area contributed by atoms with E-state index < -0.39 is 18.1 Å². The summed E-state index contributed by atoms with van der Waals surface area (Å²) in [5.74, 6) is -1.24. The van der Waals surface area contributed by atoms with Crippen LogP contribution in [0.5, 0.6) is 0 Å². The molecule has 3 rings (SSSR count). The number of carbonyl (C=O) groups excluding carboxylic acids is 1. The van der Waals surface area contributed by atoms with Crippen LogP contribution in [0.4, 0.5) is 24.5 Å². The number of alkyl halides is 2. The summed E-state index contributed by atoms with van der Waals surface area (Å²) < 4.78 is 43.7. The van der Waals surface area contributed by atoms with Crippen LogP contribution in [0.1, 0.15) is 18.0 Å². The first kappa shape index (κ1) is 19.3. The highest BCUT2D eigenvalue weighted by Crippen LogP contribution is 2.29. The summed E-state index contributed by atoms with van der Waals surface area (Å²) in [6, 6.07) is 7.40. The van der Waals surface area contributed by atoms with E-state index in [1.54, 1.807) is 31.1 Å². The molecule has 0 N–H and O–H groups in total. The van der Waals surface area contributed by atoms with Crippen molar-refractivity contribution in [1.82, 2.24) is 15.2 Å².